The average Bonchev–Trinajstić information content (AvgIpc) is 3.16. The SMILES string of the molecule is O=C(Nc1ccccc1)C(Sc1nc2ccccc2[nH]1)C(=O)Nc1ccccc1. The highest BCUT2D eigenvalue weighted by Crippen LogP contribution is 2.26. The van der Waals surface area contributed by atoms with Gasteiger partial charge >= 0.3 is 0 Å². The zero-order chi connectivity index (χ0) is 20.1. The van der Waals surface area contributed by atoms with Crippen LogP contribution in [0.1, 0.15) is 0 Å². The lowest BCUT2D eigenvalue weighted by Crippen LogP contribution is -2.36. The zero-order valence-corrected chi connectivity index (χ0v) is 16.1. The molecule has 0 aliphatic rings. The monoisotopic (exact) mass is 402 g/mol. The van der Waals surface area contributed by atoms with Crippen molar-refractivity contribution in [2.45, 2.75) is 10.4 Å². The van der Waals surface area contributed by atoms with E-state index in [2.05, 4.69) is 20.6 Å². The van der Waals surface area contributed by atoms with Crippen molar-refractivity contribution < 1.29 is 9.59 Å². The number of fused-ring (bicyclic) bond motifs is 1. The number of imidazole rings is 1. The van der Waals surface area contributed by atoms with Gasteiger partial charge in [0.1, 0.15) is 0 Å². The van der Waals surface area contributed by atoms with Gasteiger partial charge in [-0.25, -0.2) is 4.98 Å². The molecule has 0 bridgehead atoms. The molecule has 0 saturated heterocycles. The zero-order valence-electron chi connectivity index (χ0n) is 15.3. The fourth-order valence-corrected chi connectivity index (χ4v) is 3.66. The highest BCUT2D eigenvalue weighted by atomic mass is 32.2. The first kappa shape index (κ1) is 18.8. The number of benzene rings is 3. The Morgan fingerprint density at radius 1 is 0.759 bits per heavy atom. The van der Waals surface area contributed by atoms with Crippen molar-refractivity contribution in [2.75, 3.05) is 10.6 Å². The minimum absolute atomic E-state index is 0.421. The molecule has 1 aromatic heterocycles. The van der Waals surface area contributed by atoms with Gasteiger partial charge in [0.25, 0.3) is 0 Å². The molecule has 4 rings (SSSR count). The largest absolute Gasteiger partial charge is 0.333 e. The predicted molar refractivity (Wildman–Crippen MR) is 116 cm³/mol. The van der Waals surface area contributed by atoms with Crippen LogP contribution in [0.4, 0.5) is 11.4 Å². The van der Waals surface area contributed by atoms with Crippen molar-refractivity contribution in [3.8, 4) is 0 Å². The van der Waals surface area contributed by atoms with Gasteiger partial charge < -0.3 is 15.6 Å². The van der Waals surface area contributed by atoms with Crippen molar-refractivity contribution in [1.82, 2.24) is 9.97 Å². The number of hydrogen-bond donors (Lipinski definition) is 3. The van der Waals surface area contributed by atoms with Crippen molar-refractivity contribution in [1.29, 1.82) is 0 Å². The molecule has 0 unspecified atom stereocenters. The summed E-state index contributed by atoms with van der Waals surface area (Å²) in [5.41, 5.74) is 2.88. The number of nitrogens with zero attached hydrogens (tertiary/aromatic N) is 1. The molecule has 2 amide bonds. The Morgan fingerprint density at radius 3 is 1.83 bits per heavy atom. The summed E-state index contributed by atoms with van der Waals surface area (Å²) in [7, 11) is 0. The second-order valence-corrected chi connectivity index (χ2v) is 7.36. The first-order valence-corrected chi connectivity index (χ1v) is 9.90. The molecule has 0 aliphatic heterocycles. The topological polar surface area (TPSA) is 86.9 Å². The Bertz CT molecular complexity index is 1040. The maximum atomic E-state index is 12.9. The maximum Gasteiger partial charge on any atom is 0.247 e. The maximum absolute atomic E-state index is 12.9. The molecule has 3 aromatic carbocycles. The van der Waals surface area contributed by atoms with E-state index in [-0.39, 0.29) is 0 Å². The van der Waals surface area contributed by atoms with E-state index in [1.807, 2.05) is 60.7 Å². The minimum atomic E-state index is -1.03. The summed E-state index contributed by atoms with van der Waals surface area (Å²) < 4.78 is 0. The molecule has 0 saturated carbocycles. The quantitative estimate of drug-likeness (QED) is 0.331. The molecule has 3 N–H and O–H groups in total. The molecule has 4 aromatic rings. The van der Waals surface area contributed by atoms with Crippen LogP contribution in [0, 0.1) is 0 Å². The number of thioether (sulfide) groups is 1. The van der Waals surface area contributed by atoms with E-state index in [9.17, 15) is 9.59 Å². The standard InChI is InChI=1S/C22H18N4O2S/c27-20(23-15-9-3-1-4-10-15)19(21(28)24-16-11-5-2-6-12-16)29-22-25-17-13-7-8-14-18(17)26-22/h1-14,19H,(H,23,27)(H,24,28)(H,25,26). The summed E-state index contributed by atoms with van der Waals surface area (Å²) in [6, 6.07) is 25.7. The number of H-pyrrole nitrogens is 1. The third kappa shape index (κ3) is 4.64. The number of aromatic nitrogens is 2. The van der Waals surface area contributed by atoms with Crippen molar-refractivity contribution in [3.63, 3.8) is 0 Å². The van der Waals surface area contributed by atoms with Crippen LogP contribution in [0.25, 0.3) is 11.0 Å². The second-order valence-electron chi connectivity index (χ2n) is 6.27. The molecule has 29 heavy (non-hydrogen) atoms. The molecule has 6 nitrogen and oxygen atoms in total. The fourth-order valence-electron chi connectivity index (χ4n) is 2.78. The Hall–Kier alpha value is -3.58. The molecule has 0 spiro atoms. The number of carbonyl (C=O) groups excluding carboxylic acids is 2. The molecule has 144 valence electrons. The van der Waals surface area contributed by atoms with Gasteiger partial charge in [0, 0.05) is 11.4 Å². The van der Waals surface area contributed by atoms with Crippen LogP contribution >= 0.6 is 11.8 Å². The normalized spacial score (nSPS) is 10.8. The third-order valence-electron chi connectivity index (χ3n) is 4.16. The van der Waals surface area contributed by atoms with Crippen molar-refractivity contribution in [2.24, 2.45) is 0 Å². The van der Waals surface area contributed by atoms with Gasteiger partial charge in [-0.2, -0.15) is 0 Å². The predicted octanol–water partition coefficient (Wildman–Crippen LogP) is 4.30. The summed E-state index contributed by atoms with van der Waals surface area (Å²) in [6.45, 7) is 0. The molecule has 7 heteroatoms. The number of amides is 2. The van der Waals surface area contributed by atoms with Gasteiger partial charge in [0.2, 0.25) is 11.8 Å². The lowest BCUT2D eigenvalue weighted by atomic mass is 10.2. The van der Waals surface area contributed by atoms with Gasteiger partial charge in [-0.15, -0.1) is 0 Å². The van der Waals surface area contributed by atoms with E-state index in [0.717, 1.165) is 22.8 Å². The minimum Gasteiger partial charge on any atom is -0.333 e. The van der Waals surface area contributed by atoms with Crippen LogP contribution in [0.5, 0.6) is 0 Å². The van der Waals surface area contributed by atoms with Gasteiger partial charge in [-0.1, -0.05) is 60.3 Å². The van der Waals surface area contributed by atoms with E-state index in [1.54, 1.807) is 24.3 Å². The summed E-state index contributed by atoms with van der Waals surface area (Å²) in [5.74, 6) is -0.842. The van der Waals surface area contributed by atoms with E-state index < -0.39 is 17.1 Å². The lowest BCUT2D eigenvalue weighted by Gasteiger charge is -2.15. The Kier molecular flexibility index (Phi) is 5.58. The molecule has 1 heterocycles. The molecular weight excluding hydrogens is 384 g/mol. The van der Waals surface area contributed by atoms with Crippen LogP contribution in [0.15, 0.2) is 90.1 Å². The highest BCUT2D eigenvalue weighted by molar-refractivity contribution is 8.01. The highest BCUT2D eigenvalue weighted by Gasteiger charge is 2.29. The Morgan fingerprint density at radius 2 is 1.28 bits per heavy atom. The summed E-state index contributed by atoms with van der Waals surface area (Å²) in [6.07, 6.45) is 0. The van der Waals surface area contributed by atoms with Crippen LogP contribution in [-0.2, 0) is 9.59 Å². The van der Waals surface area contributed by atoms with E-state index in [4.69, 9.17) is 0 Å². The fraction of sp³-hybridized carbons (Fsp3) is 0.0455. The number of rotatable bonds is 6. The van der Waals surface area contributed by atoms with Crippen LogP contribution < -0.4 is 10.6 Å². The Labute approximate surface area is 171 Å². The van der Waals surface area contributed by atoms with Gasteiger partial charge in [-0.3, -0.25) is 9.59 Å². The lowest BCUT2D eigenvalue weighted by molar-refractivity contribution is -0.123. The molecule has 0 fully saturated rings. The van der Waals surface area contributed by atoms with Gasteiger partial charge in [0.05, 0.1) is 11.0 Å². The van der Waals surface area contributed by atoms with Crippen molar-refractivity contribution >= 4 is 46.0 Å². The van der Waals surface area contributed by atoms with Crippen LogP contribution in [0.3, 0.4) is 0 Å². The smallest absolute Gasteiger partial charge is 0.247 e. The number of para-hydroxylation sites is 4. The number of nitrogens with one attached hydrogen (secondary N) is 3. The van der Waals surface area contributed by atoms with E-state index >= 15 is 0 Å². The first-order chi connectivity index (χ1) is 14.2. The molecule has 0 aliphatic carbocycles. The van der Waals surface area contributed by atoms with Gasteiger partial charge in [0.15, 0.2) is 10.4 Å². The van der Waals surface area contributed by atoms with Crippen molar-refractivity contribution in [3.05, 3.63) is 84.9 Å². The average molecular weight is 402 g/mol. The van der Waals surface area contributed by atoms with Gasteiger partial charge in [-0.05, 0) is 36.4 Å². The summed E-state index contributed by atoms with van der Waals surface area (Å²) in [5, 5.41) is 5.07. The second kappa shape index (κ2) is 8.62. The number of aromatic amines is 1. The molecular formula is C22H18N4O2S. The third-order valence-corrected chi connectivity index (χ3v) is 5.24. The summed E-state index contributed by atoms with van der Waals surface area (Å²) >= 11 is 1.08. The molecule has 0 atom stereocenters. The van der Waals surface area contributed by atoms with Crippen LogP contribution in [-0.4, -0.2) is 27.0 Å². The first-order valence-electron chi connectivity index (χ1n) is 9.02. The number of carbonyl (C=O) groups is 2. The number of hydrogen-bond acceptors (Lipinski definition) is 4. The molecule has 0 radical (unpaired) electrons. The number of anilines is 2. The van der Waals surface area contributed by atoms with E-state index in [0.29, 0.717) is 16.5 Å². The summed E-state index contributed by atoms with van der Waals surface area (Å²) in [4.78, 5) is 33.5. The van der Waals surface area contributed by atoms with Crippen LogP contribution in [0.2, 0.25) is 0 Å². The Balaban J connectivity index is 1.58. The van der Waals surface area contributed by atoms with E-state index in [1.165, 1.54) is 0 Å².